The van der Waals surface area contributed by atoms with Crippen LogP contribution in [0.1, 0.15) is 11.3 Å². The van der Waals surface area contributed by atoms with Gasteiger partial charge in [0.15, 0.2) is 10.2 Å². The molecule has 2 aromatic rings. The van der Waals surface area contributed by atoms with E-state index in [0.29, 0.717) is 6.20 Å². The number of alkyl halides is 3. The second kappa shape index (κ2) is 6.84. The fourth-order valence-corrected chi connectivity index (χ4v) is 3.24. The molecule has 1 N–H and O–H groups in total. The molecule has 0 aliphatic heterocycles. The quantitative estimate of drug-likeness (QED) is 0.821. The van der Waals surface area contributed by atoms with Gasteiger partial charge in [0.05, 0.1) is 16.3 Å². The number of thioether (sulfide) groups is 1. The zero-order chi connectivity index (χ0) is 16.3. The van der Waals surface area contributed by atoms with Crippen LogP contribution < -0.4 is 5.32 Å². The van der Waals surface area contributed by atoms with Gasteiger partial charge in [-0.2, -0.15) is 13.2 Å². The Morgan fingerprint density at radius 1 is 1.50 bits per heavy atom. The van der Waals surface area contributed by atoms with Crippen molar-refractivity contribution in [2.75, 3.05) is 11.1 Å². The molecule has 1 amide bonds. The summed E-state index contributed by atoms with van der Waals surface area (Å²) in [5, 5.41) is 3.96. The van der Waals surface area contributed by atoms with Crippen LogP contribution in [0.4, 0.5) is 19.0 Å². The average molecular weight is 368 g/mol. The van der Waals surface area contributed by atoms with Crippen molar-refractivity contribution >= 4 is 46.4 Å². The van der Waals surface area contributed by atoms with Crippen LogP contribution in [-0.4, -0.2) is 21.6 Å². The number of carbonyl (C=O) groups is 1. The monoisotopic (exact) mass is 367 g/mol. The van der Waals surface area contributed by atoms with Gasteiger partial charge in [-0.25, -0.2) is 9.97 Å². The summed E-state index contributed by atoms with van der Waals surface area (Å²) >= 11 is 8.34. The van der Waals surface area contributed by atoms with Crippen LogP contribution in [0.15, 0.2) is 22.0 Å². The molecular weight excluding hydrogens is 359 g/mol. The van der Waals surface area contributed by atoms with Crippen molar-refractivity contribution in [2.45, 2.75) is 17.4 Å². The molecule has 2 aromatic heterocycles. The highest BCUT2D eigenvalue weighted by Gasteiger charge is 2.31. The largest absolute Gasteiger partial charge is 0.417 e. The first-order valence-corrected chi connectivity index (χ1v) is 8.07. The predicted molar refractivity (Wildman–Crippen MR) is 80.5 cm³/mol. The topological polar surface area (TPSA) is 54.9 Å². The van der Waals surface area contributed by atoms with Gasteiger partial charge in [-0.15, -0.1) is 11.3 Å². The van der Waals surface area contributed by atoms with Crippen LogP contribution in [0.3, 0.4) is 0 Å². The first-order valence-electron chi connectivity index (χ1n) is 5.83. The lowest BCUT2D eigenvalue weighted by Crippen LogP contribution is -2.16. The van der Waals surface area contributed by atoms with E-state index < -0.39 is 17.6 Å². The summed E-state index contributed by atoms with van der Waals surface area (Å²) in [7, 11) is 0. The number of halogens is 4. The molecule has 0 unspecified atom stereocenters. The van der Waals surface area contributed by atoms with E-state index in [2.05, 4.69) is 15.3 Å². The lowest BCUT2D eigenvalue weighted by atomic mass is 10.3. The number of aryl methyl sites for hydroxylation is 1. The average Bonchev–Trinajstić information content (AvgIpc) is 2.83. The van der Waals surface area contributed by atoms with Crippen molar-refractivity contribution in [3.63, 3.8) is 0 Å². The summed E-state index contributed by atoms with van der Waals surface area (Å²) in [6.07, 6.45) is -3.91. The summed E-state index contributed by atoms with van der Waals surface area (Å²) < 4.78 is 38.2. The Morgan fingerprint density at radius 3 is 2.77 bits per heavy atom. The van der Waals surface area contributed by atoms with Gasteiger partial charge in [-0.1, -0.05) is 23.4 Å². The van der Waals surface area contributed by atoms with E-state index in [1.807, 2.05) is 12.3 Å². The van der Waals surface area contributed by atoms with Crippen molar-refractivity contribution in [1.29, 1.82) is 0 Å². The number of aromatic nitrogens is 2. The van der Waals surface area contributed by atoms with Crippen molar-refractivity contribution < 1.29 is 18.0 Å². The predicted octanol–water partition coefficient (Wildman–Crippen LogP) is 4.25. The Hall–Kier alpha value is -1.32. The first kappa shape index (κ1) is 17.0. The minimum absolute atomic E-state index is 0.0615. The molecule has 0 aliphatic rings. The van der Waals surface area contributed by atoms with Crippen molar-refractivity contribution in [3.05, 3.63) is 33.9 Å². The normalized spacial score (nSPS) is 11.5. The van der Waals surface area contributed by atoms with Gasteiger partial charge in [0.25, 0.3) is 0 Å². The van der Waals surface area contributed by atoms with Gasteiger partial charge in [0.2, 0.25) is 5.91 Å². The molecule has 0 spiro atoms. The molecule has 2 rings (SSSR count). The molecule has 0 saturated heterocycles. The van der Waals surface area contributed by atoms with Crippen LogP contribution in [0, 0.1) is 6.92 Å². The maximum absolute atomic E-state index is 12.5. The number of hydrogen-bond acceptors (Lipinski definition) is 5. The molecular formula is C12H9ClF3N3OS2. The molecule has 4 nitrogen and oxygen atoms in total. The summed E-state index contributed by atoms with van der Waals surface area (Å²) in [5.41, 5.74) is -0.108. The minimum atomic E-state index is -4.53. The third kappa shape index (κ3) is 4.59. The number of nitrogens with zero attached hydrogens (tertiary/aromatic N) is 2. The molecule has 118 valence electrons. The fourth-order valence-electron chi connectivity index (χ4n) is 1.38. The van der Waals surface area contributed by atoms with Gasteiger partial charge < -0.3 is 5.32 Å². The summed E-state index contributed by atoms with van der Waals surface area (Å²) in [4.78, 5) is 19.5. The third-order valence-electron chi connectivity index (χ3n) is 2.35. The van der Waals surface area contributed by atoms with Crippen LogP contribution in [0.25, 0.3) is 0 Å². The molecule has 10 heteroatoms. The number of rotatable bonds is 4. The summed E-state index contributed by atoms with van der Waals surface area (Å²) in [6, 6.07) is 0.724. The highest BCUT2D eigenvalue weighted by molar-refractivity contribution is 8.01. The fraction of sp³-hybridized carbons (Fsp3) is 0.250. The van der Waals surface area contributed by atoms with Crippen LogP contribution >= 0.6 is 34.7 Å². The SMILES string of the molecule is Cc1csc(SCC(=O)Nc2ncc(C(F)(F)F)cc2Cl)n1. The summed E-state index contributed by atoms with van der Waals surface area (Å²) in [5.74, 6) is -0.464. The number of carbonyl (C=O) groups excluding carboxylic acids is 1. The van der Waals surface area contributed by atoms with E-state index >= 15 is 0 Å². The highest BCUT2D eigenvalue weighted by atomic mass is 35.5. The molecule has 0 saturated carbocycles. The van der Waals surface area contributed by atoms with E-state index in [-0.39, 0.29) is 16.6 Å². The molecule has 0 atom stereocenters. The third-order valence-corrected chi connectivity index (χ3v) is 4.78. The van der Waals surface area contributed by atoms with E-state index in [4.69, 9.17) is 11.6 Å². The Labute approximate surface area is 137 Å². The van der Waals surface area contributed by atoms with Crippen LogP contribution in [0.2, 0.25) is 5.02 Å². The zero-order valence-electron chi connectivity index (χ0n) is 11.1. The van der Waals surface area contributed by atoms with E-state index in [0.717, 1.165) is 16.1 Å². The second-order valence-corrected chi connectivity index (χ2v) is 6.63. The van der Waals surface area contributed by atoms with Gasteiger partial charge in [0.1, 0.15) is 0 Å². The molecule has 2 heterocycles. The highest BCUT2D eigenvalue weighted by Crippen LogP contribution is 2.32. The number of thiazole rings is 1. The molecule has 0 aliphatic carbocycles. The maximum atomic E-state index is 12.5. The minimum Gasteiger partial charge on any atom is -0.309 e. The second-order valence-electron chi connectivity index (χ2n) is 4.14. The zero-order valence-corrected chi connectivity index (χ0v) is 13.5. The van der Waals surface area contributed by atoms with Gasteiger partial charge in [-0.3, -0.25) is 4.79 Å². The first-order chi connectivity index (χ1) is 10.3. The van der Waals surface area contributed by atoms with E-state index in [9.17, 15) is 18.0 Å². The van der Waals surface area contributed by atoms with Crippen LogP contribution in [-0.2, 0) is 11.0 Å². The van der Waals surface area contributed by atoms with Crippen molar-refractivity contribution in [3.8, 4) is 0 Å². The number of nitrogens with one attached hydrogen (secondary N) is 1. The molecule has 0 radical (unpaired) electrons. The van der Waals surface area contributed by atoms with E-state index in [1.54, 1.807) is 0 Å². The van der Waals surface area contributed by atoms with Crippen molar-refractivity contribution in [1.82, 2.24) is 9.97 Å². The van der Waals surface area contributed by atoms with Gasteiger partial charge in [-0.05, 0) is 13.0 Å². The van der Waals surface area contributed by atoms with Gasteiger partial charge in [0, 0.05) is 17.3 Å². The number of pyridine rings is 1. The smallest absolute Gasteiger partial charge is 0.309 e. The number of amides is 1. The van der Waals surface area contributed by atoms with Gasteiger partial charge >= 0.3 is 6.18 Å². The standard InChI is InChI=1S/C12H9ClF3N3OS2/c1-6-4-21-11(18-6)22-5-9(20)19-10-8(13)2-7(3-17-10)12(14,15)16/h2-4H,5H2,1H3,(H,17,19,20). The summed E-state index contributed by atoms with van der Waals surface area (Å²) in [6.45, 7) is 1.84. The van der Waals surface area contributed by atoms with E-state index in [1.165, 1.54) is 23.1 Å². The Kier molecular flexibility index (Phi) is 5.30. The van der Waals surface area contributed by atoms with Crippen LogP contribution in [0.5, 0.6) is 0 Å². The van der Waals surface area contributed by atoms with Crippen molar-refractivity contribution in [2.24, 2.45) is 0 Å². The molecule has 0 aromatic carbocycles. The molecule has 22 heavy (non-hydrogen) atoms. The lowest BCUT2D eigenvalue weighted by molar-refractivity contribution is -0.137. The Bertz CT molecular complexity index is 690. The Balaban J connectivity index is 1.96. The lowest BCUT2D eigenvalue weighted by Gasteiger charge is -2.09. The Morgan fingerprint density at radius 2 is 2.23 bits per heavy atom. The molecule has 0 bridgehead atoms. The number of hydrogen-bond donors (Lipinski definition) is 1. The number of anilines is 1. The maximum Gasteiger partial charge on any atom is 0.417 e. The molecule has 0 fully saturated rings.